The minimum atomic E-state index is -0.688. The maximum absolute atomic E-state index is 14.2. The number of fused-ring (bicyclic) bond motifs is 3. The minimum absolute atomic E-state index is 0.114. The van der Waals surface area contributed by atoms with Gasteiger partial charge in [0.15, 0.2) is 5.78 Å². The lowest BCUT2D eigenvalue weighted by molar-refractivity contribution is -0.138. The van der Waals surface area contributed by atoms with Crippen molar-refractivity contribution in [1.29, 1.82) is 0 Å². The van der Waals surface area contributed by atoms with Gasteiger partial charge in [-0.25, -0.2) is 15.0 Å². The van der Waals surface area contributed by atoms with Crippen LogP contribution in [0.1, 0.15) is 73.7 Å². The Morgan fingerprint density at radius 3 is 2.66 bits per heavy atom. The summed E-state index contributed by atoms with van der Waals surface area (Å²) in [5.41, 5.74) is 2.83. The fourth-order valence-electron chi connectivity index (χ4n) is 7.06. The molecule has 3 aliphatic rings. The summed E-state index contributed by atoms with van der Waals surface area (Å²) in [5, 5.41) is 8.23. The van der Waals surface area contributed by atoms with E-state index in [1.165, 1.54) is 11.6 Å². The minimum Gasteiger partial charge on any atom is -0.381 e. The average Bonchev–Trinajstić information content (AvgIpc) is 3.46. The average molecular weight is 702 g/mol. The molecule has 2 fully saturated rings. The summed E-state index contributed by atoms with van der Waals surface area (Å²) in [6.07, 6.45) is 12.4. The van der Waals surface area contributed by atoms with E-state index in [4.69, 9.17) is 4.74 Å². The summed E-state index contributed by atoms with van der Waals surface area (Å²) in [6, 6.07) is 4.87. The van der Waals surface area contributed by atoms with Gasteiger partial charge >= 0.3 is 0 Å². The van der Waals surface area contributed by atoms with Crippen LogP contribution in [0.5, 0.6) is 0 Å². The zero-order chi connectivity index (χ0) is 32.7. The third-order valence-electron chi connectivity index (χ3n) is 9.65. The van der Waals surface area contributed by atoms with Gasteiger partial charge < -0.3 is 15.0 Å². The molecule has 47 heavy (non-hydrogen) atoms. The summed E-state index contributed by atoms with van der Waals surface area (Å²) in [5.74, 6) is 0.440. The lowest BCUT2D eigenvalue weighted by atomic mass is 9.99. The van der Waals surface area contributed by atoms with E-state index >= 15 is 0 Å². The standard InChI is InChI=1S/C34H37BrN8O4/c1-20(44)31-24-12-25(23-15-36-21(2)37-16-23)38-17-27(24)42(41-31)18-30(45)43-26-13-34(14-28(34)43)19-47-11-7-5-3-4-6-8-22-9-10-29(35)39-32(22)40-33(26)46/h9-10,12,15-17,26,28H,3-8,11,13-14,18-19H2,1-2H3,(H,39,40,46)/t26-,28+,34-/m0/s1. The van der Waals surface area contributed by atoms with E-state index in [1.807, 2.05) is 12.1 Å². The lowest BCUT2D eigenvalue weighted by Gasteiger charge is -2.27. The van der Waals surface area contributed by atoms with Gasteiger partial charge in [0.25, 0.3) is 0 Å². The number of nitrogens with one attached hydrogen (secondary N) is 1. The van der Waals surface area contributed by atoms with E-state index < -0.39 is 6.04 Å². The fraction of sp³-hybridized carbons (Fsp3) is 0.471. The first-order chi connectivity index (χ1) is 22.7. The number of ketones is 1. The van der Waals surface area contributed by atoms with Crippen LogP contribution in [0.3, 0.4) is 0 Å². The maximum Gasteiger partial charge on any atom is 0.248 e. The number of piperidine rings is 1. The predicted molar refractivity (Wildman–Crippen MR) is 178 cm³/mol. The highest BCUT2D eigenvalue weighted by Crippen LogP contribution is 2.60. The molecule has 2 aliphatic heterocycles. The van der Waals surface area contributed by atoms with Crippen LogP contribution in [0.15, 0.2) is 41.4 Å². The molecular formula is C34H37BrN8O4. The van der Waals surface area contributed by atoms with Crippen molar-refractivity contribution in [2.45, 2.75) is 83.8 Å². The van der Waals surface area contributed by atoms with E-state index in [9.17, 15) is 14.4 Å². The topological polar surface area (TPSA) is 145 Å². The number of Topliss-reactive ketones (excluding diaryl/α,β-unsaturated/α-hetero) is 1. The number of amides is 2. The van der Waals surface area contributed by atoms with Crippen molar-refractivity contribution in [1.82, 2.24) is 34.6 Å². The normalized spacial score (nSPS) is 23.2. The van der Waals surface area contributed by atoms with Crippen LogP contribution in [-0.2, 0) is 27.3 Å². The second-order valence-corrected chi connectivity index (χ2v) is 13.8. The zero-order valence-corrected chi connectivity index (χ0v) is 28.1. The van der Waals surface area contributed by atoms with Crippen LogP contribution in [0.25, 0.3) is 22.2 Å². The molecule has 3 atom stereocenters. The van der Waals surface area contributed by atoms with Crippen LogP contribution < -0.4 is 5.32 Å². The smallest absolute Gasteiger partial charge is 0.248 e. The van der Waals surface area contributed by atoms with Gasteiger partial charge in [0.05, 0.1) is 24.0 Å². The first kappa shape index (κ1) is 31.5. The van der Waals surface area contributed by atoms with E-state index in [0.717, 1.165) is 50.5 Å². The number of carbonyl (C=O) groups is 3. The van der Waals surface area contributed by atoms with Gasteiger partial charge in [-0.05, 0) is 72.7 Å². The number of aromatic nitrogens is 6. The molecule has 4 aromatic rings. The summed E-state index contributed by atoms with van der Waals surface area (Å²) >= 11 is 3.45. The number of carbonyl (C=O) groups excluding carboxylic acids is 3. The van der Waals surface area contributed by atoms with Gasteiger partial charge in [-0.1, -0.05) is 25.3 Å². The molecular weight excluding hydrogens is 664 g/mol. The molecule has 1 aliphatic carbocycles. The van der Waals surface area contributed by atoms with Gasteiger partial charge in [0, 0.05) is 48.3 Å². The fourth-order valence-corrected chi connectivity index (χ4v) is 7.37. The van der Waals surface area contributed by atoms with Crippen molar-refractivity contribution in [3.05, 3.63) is 58.5 Å². The van der Waals surface area contributed by atoms with E-state index in [2.05, 4.69) is 46.3 Å². The van der Waals surface area contributed by atoms with Gasteiger partial charge in [-0.3, -0.25) is 24.0 Å². The van der Waals surface area contributed by atoms with E-state index in [1.54, 1.807) is 36.5 Å². The molecule has 0 unspecified atom stereocenters. The molecule has 4 aromatic heterocycles. The third-order valence-corrected chi connectivity index (χ3v) is 10.1. The quantitative estimate of drug-likeness (QED) is 0.228. The molecule has 13 heteroatoms. The number of halogens is 1. The van der Waals surface area contributed by atoms with Crippen molar-refractivity contribution < 1.29 is 19.1 Å². The molecule has 1 N–H and O–H groups in total. The van der Waals surface area contributed by atoms with Crippen molar-refractivity contribution in [2.75, 3.05) is 18.5 Å². The Morgan fingerprint density at radius 2 is 1.85 bits per heavy atom. The molecule has 12 nitrogen and oxygen atoms in total. The number of hydrogen-bond acceptors (Lipinski definition) is 9. The van der Waals surface area contributed by atoms with E-state index in [-0.39, 0.29) is 41.3 Å². The van der Waals surface area contributed by atoms with Crippen LogP contribution >= 0.6 is 15.9 Å². The highest BCUT2D eigenvalue weighted by molar-refractivity contribution is 9.10. The molecule has 2 amide bonds. The largest absolute Gasteiger partial charge is 0.381 e. The Hall–Kier alpha value is -4.10. The van der Waals surface area contributed by atoms with Crippen molar-refractivity contribution in [2.24, 2.45) is 5.41 Å². The number of ether oxygens (including phenoxy) is 1. The Kier molecular flexibility index (Phi) is 8.60. The second kappa shape index (κ2) is 12.8. The molecule has 7 rings (SSSR count). The second-order valence-electron chi connectivity index (χ2n) is 13.0. The van der Waals surface area contributed by atoms with Crippen LogP contribution in [0.4, 0.5) is 5.82 Å². The number of likely N-dealkylation sites (tertiary alicyclic amines) is 1. The maximum atomic E-state index is 14.2. The first-order valence-corrected chi connectivity index (χ1v) is 17.0. The van der Waals surface area contributed by atoms with Crippen molar-refractivity contribution in [3.63, 3.8) is 0 Å². The number of rotatable bonds is 4. The molecule has 0 radical (unpaired) electrons. The number of pyridine rings is 2. The van der Waals surface area contributed by atoms with Gasteiger partial charge in [0.2, 0.25) is 11.8 Å². The van der Waals surface area contributed by atoms with Crippen LogP contribution in [0.2, 0.25) is 0 Å². The zero-order valence-electron chi connectivity index (χ0n) is 26.5. The predicted octanol–water partition coefficient (Wildman–Crippen LogP) is 5.08. The summed E-state index contributed by atoms with van der Waals surface area (Å²) in [4.78, 5) is 60.3. The number of anilines is 1. The number of nitrogens with zero attached hydrogens (tertiary/aromatic N) is 7. The van der Waals surface area contributed by atoms with Gasteiger partial charge in [-0.2, -0.15) is 5.10 Å². The van der Waals surface area contributed by atoms with Crippen molar-refractivity contribution >= 4 is 50.2 Å². The third kappa shape index (κ3) is 6.30. The van der Waals surface area contributed by atoms with Crippen LogP contribution in [0, 0.1) is 12.3 Å². The van der Waals surface area contributed by atoms with E-state index in [0.29, 0.717) is 58.0 Å². The number of hydrogen-bond donors (Lipinski definition) is 1. The Labute approximate surface area is 280 Å². The molecule has 6 heterocycles. The molecule has 1 saturated carbocycles. The van der Waals surface area contributed by atoms with Crippen LogP contribution in [-0.4, -0.2) is 77.5 Å². The molecule has 244 valence electrons. The Balaban J connectivity index is 1.19. The number of aryl methyl sites for hydroxylation is 2. The van der Waals surface area contributed by atoms with Gasteiger partial charge in [-0.15, -0.1) is 0 Å². The Morgan fingerprint density at radius 1 is 1.06 bits per heavy atom. The summed E-state index contributed by atoms with van der Waals surface area (Å²) in [7, 11) is 0. The first-order valence-electron chi connectivity index (χ1n) is 16.2. The molecule has 1 saturated heterocycles. The summed E-state index contributed by atoms with van der Waals surface area (Å²) < 4.78 is 8.30. The molecule has 1 spiro atoms. The molecule has 0 aromatic carbocycles. The monoisotopic (exact) mass is 700 g/mol. The Bertz CT molecular complexity index is 1860. The SMILES string of the molecule is CC(=O)c1nn(CC(=O)N2[C@H]3C[C@@]4(COCCCCCCCc5ccc(Br)nc5NC3=O)C[C@@H]24)c2cnc(-c3cnc(C)nc3)cc12. The highest BCUT2D eigenvalue weighted by atomic mass is 79.9. The summed E-state index contributed by atoms with van der Waals surface area (Å²) in [6.45, 7) is 4.30. The van der Waals surface area contributed by atoms with Gasteiger partial charge in [0.1, 0.15) is 34.5 Å². The highest BCUT2D eigenvalue weighted by Gasteiger charge is 2.67. The molecule has 2 bridgehead atoms. The lowest BCUT2D eigenvalue weighted by Crippen LogP contribution is -2.47. The van der Waals surface area contributed by atoms with Crippen molar-refractivity contribution in [3.8, 4) is 11.3 Å².